The third-order valence-electron chi connectivity index (χ3n) is 3.50. The van der Waals surface area contributed by atoms with Gasteiger partial charge in [-0.3, -0.25) is 4.90 Å². The van der Waals surface area contributed by atoms with Crippen LogP contribution in [0, 0.1) is 5.82 Å². The molecule has 0 saturated heterocycles. The molecule has 108 valence electrons. The fourth-order valence-corrected chi connectivity index (χ4v) is 2.55. The molecule has 0 bridgehead atoms. The quantitative estimate of drug-likeness (QED) is 0.751. The van der Waals surface area contributed by atoms with E-state index in [0.29, 0.717) is 28.6 Å². The number of fused-ring (bicyclic) bond motifs is 3. The smallest absolute Gasteiger partial charge is 0.411 e. The van der Waals surface area contributed by atoms with Crippen molar-refractivity contribution in [3.8, 4) is 0 Å². The molecule has 0 aliphatic carbocycles. The number of aromatic nitrogens is 1. The summed E-state index contributed by atoms with van der Waals surface area (Å²) in [6.45, 7) is 0.142. The Labute approximate surface area is 118 Å². The molecular weight excluding hydrogens is 279 g/mol. The van der Waals surface area contributed by atoms with Crippen LogP contribution < -0.4 is 0 Å². The molecule has 7 heteroatoms. The van der Waals surface area contributed by atoms with Crippen LogP contribution in [-0.4, -0.2) is 38.7 Å². The van der Waals surface area contributed by atoms with Gasteiger partial charge in [0.05, 0.1) is 11.3 Å². The maximum Gasteiger partial charge on any atom is 0.411 e. The van der Waals surface area contributed by atoms with Crippen molar-refractivity contribution in [3.05, 3.63) is 41.5 Å². The van der Waals surface area contributed by atoms with Gasteiger partial charge in [0.25, 0.3) is 0 Å². The molecule has 3 rings (SSSR count). The van der Waals surface area contributed by atoms with Crippen LogP contribution in [0.5, 0.6) is 0 Å². The number of aromatic amines is 1. The molecule has 1 aliphatic heterocycles. The average Bonchev–Trinajstić information content (AvgIpc) is 2.63. The number of hydrogen-bond acceptors (Lipinski definition) is 2. The van der Waals surface area contributed by atoms with E-state index in [1.807, 2.05) is 0 Å². The molecule has 0 saturated carbocycles. The van der Waals surface area contributed by atoms with Gasteiger partial charge in [-0.05, 0) is 30.2 Å². The summed E-state index contributed by atoms with van der Waals surface area (Å²) in [5.41, 5.74) is 1.35. The van der Waals surface area contributed by atoms with Gasteiger partial charge in [-0.25, -0.2) is 14.0 Å². The Hall–Kier alpha value is -2.83. The number of aliphatic carboxylic acids is 1. The first kappa shape index (κ1) is 13.2. The third-order valence-corrected chi connectivity index (χ3v) is 3.50. The summed E-state index contributed by atoms with van der Waals surface area (Å²) in [6, 6.07) is 4.15. The van der Waals surface area contributed by atoms with E-state index in [4.69, 9.17) is 5.11 Å². The number of nitrogens with one attached hydrogen (secondary N) is 1. The molecule has 0 atom stereocenters. The van der Waals surface area contributed by atoms with Gasteiger partial charge in [-0.2, -0.15) is 0 Å². The van der Waals surface area contributed by atoms with Gasteiger partial charge in [0.15, 0.2) is 0 Å². The molecule has 0 fully saturated rings. The number of halogens is 1. The van der Waals surface area contributed by atoms with E-state index in [2.05, 4.69) is 4.98 Å². The first-order chi connectivity index (χ1) is 9.97. The number of amides is 1. The van der Waals surface area contributed by atoms with E-state index in [1.54, 1.807) is 6.07 Å². The van der Waals surface area contributed by atoms with Crippen LogP contribution in [0.15, 0.2) is 24.4 Å². The van der Waals surface area contributed by atoms with Crippen molar-refractivity contribution in [2.45, 2.75) is 6.42 Å². The fraction of sp³-hybridized carbons (Fsp3) is 0.143. The summed E-state index contributed by atoms with van der Waals surface area (Å²) < 4.78 is 13.3. The molecule has 1 amide bonds. The first-order valence-corrected chi connectivity index (χ1v) is 6.22. The van der Waals surface area contributed by atoms with Gasteiger partial charge in [0, 0.05) is 23.6 Å². The number of carboxylic acid groups (broad SMARTS) is 2. The summed E-state index contributed by atoms with van der Waals surface area (Å²) in [6.07, 6.45) is 0.220. The number of benzene rings is 1. The van der Waals surface area contributed by atoms with E-state index in [9.17, 15) is 19.1 Å². The molecule has 1 aliphatic rings. The van der Waals surface area contributed by atoms with E-state index >= 15 is 0 Å². The summed E-state index contributed by atoms with van der Waals surface area (Å²) in [7, 11) is 0. The maximum atomic E-state index is 13.3. The Balaban J connectivity index is 2.24. The topological polar surface area (TPSA) is 93.6 Å². The molecule has 0 spiro atoms. The Morgan fingerprint density at radius 2 is 2.05 bits per heavy atom. The van der Waals surface area contributed by atoms with Crippen molar-refractivity contribution >= 4 is 28.5 Å². The highest BCUT2D eigenvalue weighted by atomic mass is 19.1. The Morgan fingerprint density at radius 1 is 1.29 bits per heavy atom. The molecule has 0 unspecified atom stereocenters. The van der Waals surface area contributed by atoms with Crippen molar-refractivity contribution in [3.63, 3.8) is 0 Å². The van der Waals surface area contributed by atoms with Crippen LogP contribution in [0.25, 0.3) is 16.5 Å². The molecular formula is C14H11FN2O4. The molecule has 2 aromatic rings. The van der Waals surface area contributed by atoms with Gasteiger partial charge in [-0.15, -0.1) is 0 Å². The highest BCUT2D eigenvalue weighted by Crippen LogP contribution is 2.31. The van der Waals surface area contributed by atoms with Crippen LogP contribution in [0.4, 0.5) is 9.18 Å². The molecule has 1 aromatic heterocycles. The normalized spacial score (nSPS) is 14.5. The van der Waals surface area contributed by atoms with Crippen molar-refractivity contribution < 1.29 is 24.2 Å². The molecule has 21 heavy (non-hydrogen) atoms. The molecule has 1 aromatic carbocycles. The van der Waals surface area contributed by atoms with E-state index in [1.165, 1.54) is 12.1 Å². The zero-order valence-electron chi connectivity index (χ0n) is 10.8. The maximum absolute atomic E-state index is 13.3. The van der Waals surface area contributed by atoms with Crippen LogP contribution in [0.3, 0.4) is 0 Å². The zero-order valence-corrected chi connectivity index (χ0v) is 10.8. The number of nitrogens with zero attached hydrogens (tertiary/aromatic N) is 1. The van der Waals surface area contributed by atoms with Crippen molar-refractivity contribution in [2.75, 3.05) is 6.54 Å². The van der Waals surface area contributed by atoms with E-state index in [-0.39, 0.29) is 12.1 Å². The number of carboxylic acids is 1. The van der Waals surface area contributed by atoms with Crippen molar-refractivity contribution in [1.82, 2.24) is 9.88 Å². The molecule has 0 radical (unpaired) electrons. The second-order valence-corrected chi connectivity index (χ2v) is 4.74. The van der Waals surface area contributed by atoms with Gasteiger partial charge in [0.1, 0.15) is 5.82 Å². The Morgan fingerprint density at radius 3 is 2.71 bits per heavy atom. The largest absolute Gasteiger partial charge is 0.478 e. The van der Waals surface area contributed by atoms with E-state index < -0.39 is 17.9 Å². The number of H-pyrrole nitrogens is 1. The van der Waals surface area contributed by atoms with Crippen LogP contribution in [-0.2, 0) is 11.2 Å². The van der Waals surface area contributed by atoms with Crippen LogP contribution in [0.1, 0.15) is 11.3 Å². The minimum Gasteiger partial charge on any atom is -0.478 e. The van der Waals surface area contributed by atoms with Gasteiger partial charge in [0.2, 0.25) is 0 Å². The SMILES string of the molecule is O=C(O)C1=CN(C(=O)O)CCc2c1[nH]c1cc(F)ccc21. The van der Waals surface area contributed by atoms with Crippen molar-refractivity contribution in [1.29, 1.82) is 0 Å². The zero-order chi connectivity index (χ0) is 15.1. The van der Waals surface area contributed by atoms with Gasteiger partial charge < -0.3 is 15.2 Å². The number of rotatable bonds is 1. The third kappa shape index (κ3) is 2.12. The van der Waals surface area contributed by atoms with E-state index in [0.717, 1.165) is 11.1 Å². The second kappa shape index (κ2) is 4.62. The Bertz CT molecular complexity index is 794. The molecule has 6 nitrogen and oxygen atoms in total. The Kier molecular flexibility index (Phi) is 2.90. The highest BCUT2D eigenvalue weighted by molar-refractivity contribution is 6.17. The van der Waals surface area contributed by atoms with Crippen LogP contribution >= 0.6 is 0 Å². The molecule has 2 heterocycles. The fourth-order valence-electron chi connectivity index (χ4n) is 2.55. The lowest BCUT2D eigenvalue weighted by Gasteiger charge is -2.12. The average molecular weight is 290 g/mol. The second-order valence-electron chi connectivity index (χ2n) is 4.74. The van der Waals surface area contributed by atoms with Crippen LogP contribution in [0.2, 0.25) is 0 Å². The first-order valence-electron chi connectivity index (χ1n) is 6.22. The van der Waals surface area contributed by atoms with Gasteiger partial charge >= 0.3 is 12.1 Å². The predicted molar refractivity (Wildman–Crippen MR) is 72.3 cm³/mol. The summed E-state index contributed by atoms with van der Waals surface area (Å²) in [4.78, 5) is 26.3. The highest BCUT2D eigenvalue weighted by Gasteiger charge is 2.25. The van der Waals surface area contributed by atoms with Crippen molar-refractivity contribution in [2.24, 2.45) is 0 Å². The molecule has 3 N–H and O–H groups in total. The minimum atomic E-state index is -1.24. The standard InChI is InChI=1S/C14H11FN2O4/c15-7-1-2-8-9-3-4-17(14(20)21)6-10(13(18)19)12(9)16-11(8)5-7/h1-2,5-6,16H,3-4H2,(H,18,19)(H,20,21). The predicted octanol–water partition coefficient (Wildman–Crippen LogP) is 2.27. The lowest BCUT2D eigenvalue weighted by Crippen LogP contribution is -2.25. The summed E-state index contributed by atoms with van der Waals surface area (Å²) in [5.74, 6) is -1.66. The van der Waals surface area contributed by atoms with Gasteiger partial charge in [-0.1, -0.05) is 0 Å². The number of carbonyl (C=O) groups is 2. The summed E-state index contributed by atoms with van der Waals surface area (Å²) in [5, 5.41) is 19.1. The minimum absolute atomic E-state index is 0.142. The number of hydrogen-bond donors (Lipinski definition) is 3. The summed E-state index contributed by atoms with van der Waals surface area (Å²) >= 11 is 0. The lowest BCUT2D eigenvalue weighted by molar-refractivity contribution is -0.130. The lowest BCUT2D eigenvalue weighted by atomic mass is 10.0. The monoisotopic (exact) mass is 290 g/mol.